The lowest BCUT2D eigenvalue weighted by Crippen LogP contribution is -2.42. The molecular weight excluding hydrogens is 126 g/mol. The Bertz CT molecular complexity index is 63.3. The van der Waals surface area contributed by atoms with E-state index in [4.69, 9.17) is 0 Å². The highest BCUT2D eigenvalue weighted by Gasteiger charge is 2.10. The molecule has 0 radical (unpaired) electrons. The Morgan fingerprint density at radius 1 is 1.33 bits per heavy atom. The number of nitrogens with zero attached hydrogens (tertiary/aromatic N) is 1. The monoisotopic (exact) mass is 146 g/mol. The van der Waals surface area contributed by atoms with E-state index in [0.717, 1.165) is 0 Å². The Balaban J connectivity index is 3.43. The predicted octanol–water partition coefficient (Wildman–Crippen LogP) is 0.647. The minimum atomic E-state index is 0.262. The SMILES string of the molecule is CCC[N+](C)(C)C[SiH2]C. The van der Waals surface area contributed by atoms with Gasteiger partial charge in [-0.3, -0.25) is 0 Å². The number of rotatable bonds is 4. The molecule has 1 nitrogen and oxygen atoms in total. The summed E-state index contributed by atoms with van der Waals surface area (Å²) in [5.41, 5.74) is 0. The molecule has 0 N–H and O–H groups in total. The molecule has 0 atom stereocenters. The summed E-state index contributed by atoms with van der Waals surface area (Å²) in [5, 5.41) is 0. The molecule has 9 heavy (non-hydrogen) atoms. The lowest BCUT2D eigenvalue weighted by molar-refractivity contribution is -0.879. The van der Waals surface area contributed by atoms with Gasteiger partial charge in [-0.05, 0) is 6.42 Å². The second-order valence-corrected chi connectivity index (χ2v) is 4.83. The van der Waals surface area contributed by atoms with E-state index >= 15 is 0 Å². The zero-order valence-corrected chi connectivity index (χ0v) is 8.69. The van der Waals surface area contributed by atoms with E-state index in [0.29, 0.717) is 0 Å². The first-order valence-corrected chi connectivity index (χ1v) is 6.36. The van der Waals surface area contributed by atoms with Gasteiger partial charge in [-0.15, -0.1) is 0 Å². The average molecular weight is 146 g/mol. The molecule has 0 aliphatic rings. The van der Waals surface area contributed by atoms with E-state index in [1.54, 1.807) is 0 Å². The van der Waals surface area contributed by atoms with Crippen molar-refractivity contribution < 1.29 is 4.48 Å². The van der Waals surface area contributed by atoms with Gasteiger partial charge in [-0.25, -0.2) is 0 Å². The second kappa shape index (κ2) is 4.07. The first-order chi connectivity index (χ1) is 4.12. The van der Waals surface area contributed by atoms with Gasteiger partial charge in [-0.1, -0.05) is 13.5 Å². The van der Waals surface area contributed by atoms with Gasteiger partial charge in [0.05, 0.1) is 36.3 Å². The quantitative estimate of drug-likeness (QED) is 0.403. The minimum absolute atomic E-state index is 0.262. The number of hydrogen-bond donors (Lipinski definition) is 0. The van der Waals surface area contributed by atoms with Crippen LogP contribution in [0.4, 0.5) is 0 Å². The maximum absolute atomic E-state index is 2.38. The van der Waals surface area contributed by atoms with E-state index < -0.39 is 0 Å². The maximum Gasteiger partial charge on any atom is 0.0847 e. The molecule has 0 saturated carbocycles. The van der Waals surface area contributed by atoms with Crippen molar-refractivity contribution in [2.24, 2.45) is 0 Å². The summed E-state index contributed by atoms with van der Waals surface area (Å²) in [7, 11) is 4.93. The van der Waals surface area contributed by atoms with Crippen LogP contribution in [0.2, 0.25) is 6.55 Å². The molecule has 0 rings (SSSR count). The molecule has 2 heteroatoms. The fourth-order valence-corrected chi connectivity index (χ4v) is 2.76. The maximum atomic E-state index is 2.38. The van der Waals surface area contributed by atoms with E-state index in [1.165, 1.54) is 23.6 Å². The van der Waals surface area contributed by atoms with Gasteiger partial charge >= 0.3 is 0 Å². The molecule has 0 spiro atoms. The van der Waals surface area contributed by atoms with E-state index in [2.05, 4.69) is 27.6 Å². The van der Waals surface area contributed by atoms with Gasteiger partial charge in [-0.2, -0.15) is 0 Å². The van der Waals surface area contributed by atoms with Crippen LogP contribution in [0.1, 0.15) is 13.3 Å². The molecule has 56 valence electrons. The Kier molecular flexibility index (Phi) is 4.15. The van der Waals surface area contributed by atoms with Crippen LogP contribution >= 0.6 is 0 Å². The summed E-state index contributed by atoms with van der Waals surface area (Å²) in [6.45, 7) is 5.99. The summed E-state index contributed by atoms with van der Waals surface area (Å²) < 4.78 is 1.25. The van der Waals surface area contributed by atoms with Gasteiger partial charge in [0.15, 0.2) is 0 Å². The van der Waals surface area contributed by atoms with Gasteiger partial charge in [0, 0.05) is 0 Å². The predicted molar refractivity (Wildman–Crippen MR) is 46.5 cm³/mol. The Morgan fingerprint density at radius 2 is 1.89 bits per heavy atom. The van der Waals surface area contributed by atoms with Gasteiger partial charge in [0.25, 0.3) is 0 Å². The van der Waals surface area contributed by atoms with Gasteiger partial charge in [0.1, 0.15) is 0 Å². The second-order valence-electron chi connectivity index (χ2n) is 3.38. The smallest absolute Gasteiger partial charge is 0.0847 e. The third-order valence-electron chi connectivity index (χ3n) is 1.66. The Labute approximate surface area is 61.5 Å². The van der Waals surface area contributed by atoms with E-state index in [1.807, 2.05) is 0 Å². The molecule has 0 heterocycles. The fourth-order valence-electron chi connectivity index (χ4n) is 1.32. The van der Waals surface area contributed by atoms with E-state index in [9.17, 15) is 0 Å². The Hall–Kier alpha value is 0.177. The van der Waals surface area contributed by atoms with Crippen molar-refractivity contribution in [3.63, 3.8) is 0 Å². The van der Waals surface area contributed by atoms with Crippen molar-refractivity contribution in [2.75, 3.05) is 26.8 Å². The van der Waals surface area contributed by atoms with Crippen molar-refractivity contribution in [2.45, 2.75) is 19.9 Å². The van der Waals surface area contributed by atoms with Crippen molar-refractivity contribution in [1.82, 2.24) is 0 Å². The first-order valence-electron chi connectivity index (χ1n) is 3.94. The highest BCUT2D eigenvalue weighted by Crippen LogP contribution is 1.96. The molecule has 0 aliphatic heterocycles. The molecule has 0 aromatic heterocycles. The zero-order chi connectivity index (χ0) is 7.33. The van der Waals surface area contributed by atoms with Crippen molar-refractivity contribution >= 4 is 9.52 Å². The first kappa shape index (κ1) is 9.18. The standard InChI is InChI=1S/C7H20NSi/c1-5-6-8(2,3)7-9-4/h5-7,9H2,1-4H3/q+1. The molecule has 0 aliphatic carbocycles. The van der Waals surface area contributed by atoms with Crippen LogP contribution in [0, 0.1) is 0 Å². The van der Waals surface area contributed by atoms with Gasteiger partial charge < -0.3 is 4.48 Å². The van der Waals surface area contributed by atoms with Crippen LogP contribution in [-0.2, 0) is 0 Å². The van der Waals surface area contributed by atoms with Crippen molar-refractivity contribution in [3.8, 4) is 0 Å². The zero-order valence-electron chi connectivity index (χ0n) is 7.28. The molecule has 0 fully saturated rings. The highest BCUT2D eigenvalue weighted by atomic mass is 28.2. The molecule has 0 unspecified atom stereocenters. The van der Waals surface area contributed by atoms with Crippen molar-refractivity contribution in [1.29, 1.82) is 0 Å². The normalized spacial score (nSPS) is 13.3. The summed E-state index contributed by atoms with van der Waals surface area (Å²) in [5.74, 6) is 0. The van der Waals surface area contributed by atoms with Crippen LogP contribution in [0.3, 0.4) is 0 Å². The van der Waals surface area contributed by atoms with Crippen LogP contribution in [-0.4, -0.2) is 40.8 Å². The third kappa shape index (κ3) is 4.67. The molecule has 0 amide bonds. The Morgan fingerprint density at radius 3 is 2.22 bits per heavy atom. The molecule has 0 aromatic rings. The lowest BCUT2D eigenvalue weighted by Gasteiger charge is -2.28. The van der Waals surface area contributed by atoms with Crippen molar-refractivity contribution in [3.05, 3.63) is 0 Å². The average Bonchev–Trinajstić information content (AvgIpc) is 1.64. The largest absolute Gasteiger partial charge is 0.332 e. The van der Waals surface area contributed by atoms with Gasteiger partial charge in [0.2, 0.25) is 0 Å². The highest BCUT2D eigenvalue weighted by molar-refractivity contribution is 6.33. The summed E-state index contributed by atoms with van der Waals surface area (Å²) in [6, 6.07) is 0. The minimum Gasteiger partial charge on any atom is -0.332 e. The van der Waals surface area contributed by atoms with Crippen LogP contribution in [0.5, 0.6) is 0 Å². The number of quaternary nitrogens is 1. The summed E-state index contributed by atoms with van der Waals surface area (Å²) in [6.07, 6.45) is 2.77. The summed E-state index contributed by atoms with van der Waals surface area (Å²) in [4.78, 5) is 0. The molecule has 0 saturated heterocycles. The van der Waals surface area contributed by atoms with Crippen LogP contribution in [0.15, 0.2) is 0 Å². The summed E-state index contributed by atoms with van der Waals surface area (Å²) >= 11 is 0. The molecular formula is C7H20NSi+. The third-order valence-corrected chi connectivity index (χ3v) is 3.32. The molecule has 0 aromatic carbocycles. The van der Waals surface area contributed by atoms with Crippen LogP contribution in [0.25, 0.3) is 0 Å². The lowest BCUT2D eigenvalue weighted by atomic mass is 10.4. The molecule has 0 bridgehead atoms. The topological polar surface area (TPSA) is 0 Å². The van der Waals surface area contributed by atoms with Crippen LogP contribution < -0.4 is 0 Å². The number of hydrogen-bond acceptors (Lipinski definition) is 0. The van der Waals surface area contributed by atoms with E-state index in [-0.39, 0.29) is 9.52 Å². The fraction of sp³-hybridized carbons (Fsp3) is 1.00.